The Morgan fingerprint density at radius 3 is 2.40 bits per heavy atom. The van der Waals surface area contributed by atoms with Gasteiger partial charge in [0.05, 0.1) is 5.56 Å². The quantitative estimate of drug-likeness (QED) is 0.834. The second-order valence-corrected chi connectivity index (χ2v) is 5.42. The summed E-state index contributed by atoms with van der Waals surface area (Å²) in [6.07, 6.45) is 0. The van der Waals surface area contributed by atoms with E-state index in [9.17, 15) is 4.79 Å². The number of carbonyl (C=O) groups is 1. The van der Waals surface area contributed by atoms with Gasteiger partial charge in [0, 0.05) is 6.54 Å². The number of carbonyl (C=O) groups excluding carboxylic acids is 1. The molecule has 1 heterocycles. The van der Waals surface area contributed by atoms with Crippen molar-refractivity contribution >= 4 is 5.91 Å². The van der Waals surface area contributed by atoms with Crippen LogP contribution in [0.2, 0.25) is 0 Å². The van der Waals surface area contributed by atoms with Gasteiger partial charge in [-0.1, -0.05) is 42.5 Å². The molecule has 0 radical (unpaired) electrons. The van der Waals surface area contributed by atoms with E-state index in [0.717, 1.165) is 5.56 Å². The number of rotatable bonds is 2. The van der Waals surface area contributed by atoms with Gasteiger partial charge in [0.2, 0.25) is 0 Å². The molecule has 2 aromatic carbocycles. The number of benzene rings is 2. The predicted molar refractivity (Wildman–Crippen MR) is 77.5 cm³/mol. The van der Waals surface area contributed by atoms with Crippen molar-refractivity contribution in [3.63, 3.8) is 0 Å². The van der Waals surface area contributed by atoms with Crippen molar-refractivity contribution in [1.29, 1.82) is 0 Å². The van der Waals surface area contributed by atoms with Crippen molar-refractivity contribution < 1.29 is 9.53 Å². The van der Waals surface area contributed by atoms with E-state index >= 15 is 0 Å². The highest BCUT2D eigenvalue weighted by Crippen LogP contribution is 2.34. The van der Waals surface area contributed by atoms with Gasteiger partial charge in [-0.3, -0.25) is 9.69 Å². The molecule has 0 fully saturated rings. The normalized spacial score (nSPS) is 16.5. The first-order valence-corrected chi connectivity index (χ1v) is 6.72. The van der Waals surface area contributed by atoms with Crippen LogP contribution >= 0.6 is 0 Å². The van der Waals surface area contributed by atoms with Gasteiger partial charge < -0.3 is 4.74 Å². The molecule has 1 aliphatic rings. The summed E-state index contributed by atoms with van der Waals surface area (Å²) in [5, 5.41) is 0. The topological polar surface area (TPSA) is 29.5 Å². The Kier molecular flexibility index (Phi) is 2.97. The fourth-order valence-electron chi connectivity index (χ4n) is 2.47. The summed E-state index contributed by atoms with van der Waals surface area (Å²) in [4.78, 5) is 14.5. The second-order valence-electron chi connectivity index (χ2n) is 5.42. The highest BCUT2D eigenvalue weighted by Gasteiger charge is 2.39. The van der Waals surface area contributed by atoms with E-state index in [1.165, 1.54) is 0 Å². The van der Waals surface area contributed by atoms with Gasteiger partial charge in [0.1, 0.15) is 5.75 Å². The average Bonchev–Trinajstić information content (AvgIpc) is 2.44. The molecule has 0 saturated heterocycles. The Bertz CT molecular complexity index is 634. The lowest BCUT2D eigenvalue weighted by molar-refractivity contribution is -0.0535. The van der Waals surface area contributed by atoms with Crippen molar-refractivity contribution in [3.8, 4) is 5.75 Å². The molecular weight excluding hydrogens is 250 g/mol. The Morgan fingerprint density at radius 2 is 1.65 bits per heavy atom. The van der Waals surface area contributed by atoms with Gasteiger partial charge in [0.25, 0.3) is 5.91 Å². The largest absolute Gasteiger partial charge is 0.468 e. The van der Waals surface area contributed by atoms with E-state index < -0.39 is 5.72 Å². The molecule has 20 heavy (non-hydrogen) atoms. The third kappa shape index (κ3) is 2.16. The van der Waals surface area contributed by atoms with E-state index in [2.05, 4.69) is 0 Å². The first-order valence-electron chi connectivity index (χ1n) is 6.72. The zero-order valence-electron chi connectivity index (χ0n) is 11.7. The molecule has 3 rings (SSSR count). The summed E-state index contributed by atoms with van der Waals surface area (Å²) >= 11 is 0. The summed E-state index contributed by atoms with van der Waals surface area (Å²) in [7, 11) is 0. The summed E-state index contributed by atoms with van der Waals surface area (Å²) < 4.78 is 5.98. The molecule has 0 saturated carbocycles. The zero-order chi connectivity index (χ0) is 14.2. The number of amides is 1. The molecule has 0 unspecified atom stereocenters. The molecule has 102 valence electrons. The van der Waals surface area contributed by atoms with Crippen LogP contribution in [0.4, 0.5) is 0 Å². The highest BCUT2D eigenvalue weighted by molar-refractivity contribution is 5.98. The molecule has 0 spiro atoms. The van der Waals surface area contributed by atoms with Crippen LogP contribution in [-0.2, 0) is 6.54 Å². The van der Waals surface area contributed by atoms with Crippen LogP contribution in [0.1, 0.15) is 29.8 Å². The standard InChI is InChI=1S/C17H17NO2/c1-17(2)18(12-13-8-4-3-5-9-13)16(19)14-10-6-7-11-15(14)20-17/h3-11H,12H2,1-2H3. The predicted octanol–water partition coefficient (Wildman–Crippen LogP) is 3.46. The van der Waals surface area contributed by atoms with Gasteiger partial charge in [-0.05, 0) is 31.5 Å². The molecule has 0 atom stereocenters. The maximum absolute atomic E-state index is 12.7. The summed E-state index contributed by atoms with van der Waals surface area (Å²) in [6.45, 7) is 4.38. The van der Waals surface area contributed by atoms with Gasteiger partial charge in [-0.25, -0.2) is 0 Å². The number of para-hydroxylation sites is 1. The maximum Gasteiger partial charge on any atom is 0.260 e. The SMILES string of the molecule is CC1(C)Oc2ccccc2C(=O)N1Cc1ccccc1. The molecule has 1 amide bonds. The van der Waals surface area contributed by atoms with Crippen LogP contribution in [-0.4, -0.2) is 16.5 Å². The van der Waals surface area contributed by atoms with Crippen molar-refractivity contribution in [1.82, 2.24) is 4.90 Å². The van der Waals surface area contributed by atoms with Gasteiger partial charge >= 0.3 is 0 Å². The van der Waals surface area contributed by atoms with Crippen molar-refractivity contribution in [2.75, 3.05) is 0 Å². The number of nitrogens with zero attached hydrogens (tertiary/aromatic N) is 1. The number of fused-ring (bicyclic) bond motifs is 1. The highest BCUT2D eigenvalue weighted by atomic mass is 16.5. The van der Waals surface area contributed by atoms with Crippen LogP contribution in [0.15, 0.2) is 54.6 Å². The molecule has 3 heteroatoms. The minimum atomic E-state index is -0.652. The van der Waals surface area contributed by atoms with E-state index in [4.69, 9.17) is 4.74 Å². The van der Waals surface area contributed by atoms with Crippen LogP contribution in [0.25, 0.3) is 0 Å². The van der Waals surface area contributed by atoms with Gasteiger partial charge in [-0.2, -0.15) is 0 Å². The lowest BCUT2D eigenvalue weighted by atomic mass is 10.1. The Balaban J connectivity index is 1.97. The first-order chi connectivity index (χ1) is 9.58. The third-order valence-corrected chi connectivity index (χ3v) is 3.56. The zero-order valence-corrected chi connectivity index (χ0v) is 11.7. The second kappa shape index (κ2) is 4.67. The number of hydrogen-bond donors (Lipinski definition) is 0. The minimum Gasteiger partial charge on any atom is -0.468 e. The van der Waals surface area contributed by atoms with Crippen LogP contribution in [0.5, 0.6) is 5.75 Å². The summed E-state index contributed by atoms with van der Waals surface area (Å²) in [6, 6.07) is 17.4. The molecule has 0 aromatic heterocycles. The fourth-order valence-corrected chi connectivity index (χ4v) is 2.47. The van der Waals surface area contributed by atoms with E-state index in [0.29, 0.717) is 17.9 Å². The lowest BCUT2D eigenvalue weighted by Crippen LogP contribution is -2.54. The van der Waals surface area contributed by atoms with E-state index in [-0.39, 0.29) is 5.91 Å². The van der Waals surface area contributed by atoms with Crippen LogP contribution in [0.3, 0.4) is 0 Å². The minimum absolute atomic E-state index is 0.0145. The first kappa shape index (κ1) is 12.7. The molecule has 0 bridgehead atoms. The fraction of sp³-hybridized carbons (Fsp3) is 0.235. The third-order valence-electron chi connectivity index (χ3n) is 3.56. The van der Waals surface area contributed by atoms with Crippen molar-refractivity contribution in [3.05, 3.63) is 65.7 Å². The average molecular weight is 267 g/mol. The lowest BCUT2D eigenvalue weighted by Gasteiger charge is -2.42. The molecule has 3 nitrogen and oxygen atoms in total. The molecule has 1 aliphatic heterocycles. The van der Waals surface area contributed by atoms with Gasteiger partial charge in [-0.15, -0.1) is 0 Å². The van der Waals surface area contributed by atoms with E-state index in [1.807, 2.05) is 68.4 Å². The Morgan fingerprint density at radius 1 is 1.00 bits per heavy atom. The van der Waals surface area contributed by atoms with Crippen molar-refractivity contribution in [2.45, 2.75) is 26.1 Å². The summed E-state index contributed by atoms with van der Waals surface area (Å²) in [5.41, 5.74) is 1.07. The van der Waals surface area contributed by atoms with E-state index in [1.54, 1.807) is 4.90 Å². The van der Waals surface area contributed by atoms with Crippen LogP contribution in [0, 0.1) is 0 Å². The Labute approximate surface area is 118 Å². The molecular formula is C17H17NO2. The van der Waals surface area contributed by atoms with Gasteiger partial charge in [0.15, 0.2) is 5.72 Å². The number of ether oxygens (including phenoxy) is 1. The number of hydrogen-bond acceptors (Lipinski definition) is 2. The monoisotopic (exact) mass is 267 g/mol. The van der Waals surface area contributed by atoms with Crippen LogP contribution < -0.4 is 4.74 Å². The smallest absolute Gasteiger partial charge is 0.260 e. The molecule has 2 aromatic rings. The molecule has 0 N–H and O–H groups in total. The molecule has 0 aliphatic carbocycles. The maximum atomic E-state index is 12.7. The Hall–Kier alpha value is -2.29. The summed E-state index contributed by atoms with van der Waals surface area (Å²) in [5.74, 6) is 0.674. The van der Waals surface area contributed by atoms with Crippen molar-refractivity contribution in [2.24, 2.45) is 0 Å².